The summed E-state index contributed by atoms with van der Waals surface area (Å²) in [4.78, 5) is 2.73. The van der Waals surface area contributed by atoms with Gasteiger partial charge in [-0.15, -0.1) is 0 Å². The van der Waals surface area contributed by atoms with Gasteiger partial charge in [0, 0.05) is 12.6 Å². The van der Waals surface area contributed by atoms with Crippen molar-refractivity contribution >= 4 is 0 Å². The third kappa shape index (κ3) is 2.29. The molecule has 2 rings (SSSR count). The molecular weight excluding hydrogens is 172 g/mol. The van der Waals surface area contributed by atoms with E-state index in [9.17, 15) is 0 Å². The van der Waals surface area contributed by atoms with Crippen LogP contribution in [0.2, 0.25) is 0 Å². The zero-order valence-electron chi connectivity index (χ0n) is 9.63. The van der Waals surface area contributed by atoms with E-state index < -0.39 is 0 Å². The van der Waals surface area contributed by atoms with Crippen molar-refractivity contribution in [3.63, 3.8) is 0 Å². The Hall–Kier alpha value is -0.0800. The van der Waals surface area contributed by atoms with E-state index >= 15 is 0 Å². The van der Waals surface area contributed by atoms with Gasteiger partial charge in [-0.2, -0.15) is 0 Å². The second-order valence-corrected chi connectivity index (χ2v) is 4.99. The van der Waals surface area contributed by atoms with Crippen LogP contribution in [-0.2, 0) is 0 Å². The van der Waals surface area contributed by atoms with Gasteiger partial charge in [0.25, 0.3) is 0 Å². The lowest BCUT2D eigenvalue weighted by molar-refractivity contribution is 0.0633. The van der Waals surface area contributed by atoms with Gasteiger partial charge in [-0.3, -0.25) is 0 Å². The highest BCUT2D eigenvalue weighted by Crippen LogP contribution is 2.36. The highest BCUT2D eigenvalue weighted by atomic mass is 15.2. The minimum Gasteiger partial charge on any atom is -0.319 e. The summed E-state index contributed by atoms with van der Waals surface area (Å²) in [6.07, 6.45) is 5.85. The Balaban J connectivity index is 1.78. The minimum atomic E-state index is 0.896. The Morgan fingerprint density at radius 2 is 2.00 bits per heavy atom. The quantitative estimate of drug-likeness (QED) is 0.696. The Morgan fingerprint density at radius 1 is 1.21 bits per heavy atom. The van der Waals surface area contributed by atoms with E-state index in [2.05, 4.69) is 24.2 Å². The largest absolute Gasteiger partial charge is 0.319 e. The number of nitrogens with one attached hydrogen (secondary N) is 1. The van der Waals surface area contributed by atoms with Crippen molar-refractivity contribution in [3.05, 3.63) is 0 Å². The van der Waals surface area contributed by atoms with Crippen LogP contribution in [0.25, 0.3) is 0 Å². The zero-order chi connectivity index (χ0) is 9.97. The summed E-state index contributed by atoms with van der Waals surface area (Å²) >= 11 is 0. The van der Waals surface area contributed by atoms with E-state index in [0.717, 1.165) is 17.9 Å². The molecule has 2 saturated carbocycles. The molecule has 0 heterocycles. The average Bonchev–Trinajstić information content (AvgIpc) is 2.95. The monoisotopic (exact) mass is 196 g/mol. The summed E-state index contributed by atoms with van der Waals surface area (Å²) in [7, 11) is 2.08. The smallest absolute Gasteiger partial charge is 0.0136 e. The van der Waals surface area contributed by atoms with Gasteiger partial charge in [-0.1, -0.05) is 6.92 Å². The maximum atomic E-state index is 3.32. The van der Waals surface area contributed by atoms with E-state index in [1.165, 1.54) is 45.3 Å². The summed E-state index contributed by atoms with van der Waals surface area (Å²) in [6, 6.07) is 0.896. The third-order valence-corrected chi connectivity index (χ3v) is 3.91. The van der Waals surface area contributed by atoms with E-state index in [1.54, 1.807) is 0 Å². The van der Waals surface area contributed by atoms with Crippen molar-refractivity contribution in [2.75, 3.05) is 26.7 Å². The van der Waals surface area contributed by atoms with Crippen LogP contribution in [0, 0.1) is 11.8 Å². The van der Waals surface area contributed by atoms with Gasteiger partial charge in [0.15, 0.2) is 0 Å². The second kappa shape index (κ2) is 4.63. The summed E-state index contributed by atoms with van der Waals surface area (Å²) in [5, 5.41) is 3.32. The molecule has 2 atom stereocenters. The topological polar surface area (TPSA) is 15.3 Å². The normalized spacial score (nSPS) is 31.9. The van der Waals surface area contributed by atoms with Gasteiger partial charge < -0.3 is 10.2 Å². The molecule has 1 N–H and O–H groups in total. The molecular formula is C12H24N2. The van der Waals surface area contributed by atoms with Gasteiger partial charge >= 0.3 is 0 Å². The first-order chi connectivity index (χ1) is 6.85. The number of hydrogen-bond donors (Lipinski definition) is 1. The van der Waals surface area contributed by atoms with Crippen LogP contribution in [-0.4, -0.2) is 37.6 Å². The lowest BCUT2D eigenvalue weighted by atomic mass is 9.78. The molecule has 0 aromatic heterocycles. The molecule has 82 valence electrons. The summed E-state index contributed by atoms with van der Waals surface area (Å²) in [5.74, 6) is 1.98. The maximum absolute atomic E-state index is 3.32. The van der Waals surface area contributed by atoms with Crippen molar-refractivity contribution in [2.24, 2.45) is 11.8 Å². The molecule has 0 radical (unpaired) electrons. The summed E-state index contributed by atoms with van der Waals surface area (Å²) in [6.45, 7) is 6.16. The van der Waals surface area contributed by atoms with E-state index in [-0.39, 0.29) is 0 Å². The molecule has 0 aromatic rings. The molecule has 2 heteroatoms. The van der Waals surface area contributed by atoms with Crippen molar-refractivity contribution in [1.82, 2.24) is 10.2 Å². The van der Waals surface area contributed by atoms with Gasteiger partial charge in [0.05, 0.1) is 0 Å². The highest BCUT2D eigenvalue weighted by Gasteiger charge is 2.36. The van der Waals surface area contributed by atoms with E-state index in [4.69, 9.17) is 0 Å². The Labute approximate surface area is 88.1 Å². The van der Waals surface area contributed by atoms with Gasteiger partial charge in [0.2, 0.25) is 0 Å². The van der Waals surface area contributed by atoms with Crippen LogP contribution in [0.3, 0.4) is 0 Å². The number of nitrogens with zero attached hydrogens (tertiary/aromatic N) is 1. The lowest BCUT2D eigenvalue weighted by Gasteiger charge is -2.44. The molecule has 0 aromatic carbocycles. The van der Waals surface area contributed by atoms with Crippen molar-refractivity contribution < 1.29 is 0 Å². The third-order valence-electron chi connectivity index (χ3n) is 3.91. The van der Waals surface area contributed by atoms with E-state index in [0.29, 0.717) is 0 Å². The Morgan fingerprint density at radius 3 is 2.43 bits per heavy atom. The molecule has 0 aliphatic heterocycles. The van der Waals surface area contributed by atoms with Crippen LogP contribution in [0.15, 0.2) is 0 Å². The van der Waals surface area contributed by atoms with Crippen molar-refractivity contribution in [2.45, 2.75) is 38.6 Å². The molecule has 2 nitrogen and oxygen atoms in total. The first kappa shape index (κ1) is 10.4. The molecule has 2 unspecified atom stereocenters. The second-order valence-electron chi connectivity index (χ2n) is 4.99. The van der Waals surface area contributed by atoms with E-state index in [1.807, 2.05) is 0 Å². The number of rotatable bonds is 6. The molecule has 0 amide bonds. The highest BCUT2D eigenvalue weighted by molar-refractivity contribution is 4.91. The predicted molar refractivity (Wildman–Crippen MR) is 60.4 cm³/mol. The zero-order valence-corrected chi connectivity index (χ0v) is 9.63. The lowest BCUT2D eigenvalue weighted by Crippen LogP contribution is -2.50. The maximum Gasteiger partial charge on any atom is 0.0136 e. The standard InChI is InChI=1S/C12H24N2/c1-3-14(9-10-4-5-10)12-7-6-11(12)8-13-2/h10-13H,3-9H2,1-2H3. The molecule has 2 aliphatic rings. The van der Waals surface area contributed by atoms with Crippen LogP contribution in [0.5, 0.6) is 0 Å². The fraction of sp³-hybridized carbons (Fsp3) is 1.00. The predicted octanol–water partition coefficient (Wildman–Crippen LogP) is 1.72. The molecule has 2 fully saturated rings. The molecule has 2 aliphatic carbocycles. The average molecular weight is 196 g/mol. The molecule has 0 saturated heterocycles. The molecule has 0 bridgehead atoms. The van der Waals surface area contributed by atoms with Crippen molar-refractivity contribution in [1.29, 1.82) is 0 Å². The van der Waals surface area contributed by atoms with Gasteiger partial charge in [0.1, 0.15) is 0 Å². The fourth-order valence-electron chi connectivity index (χ4n) is 2.66. The van der Waals surface area contributed by atoms with Crippen molar-refractivity contribution in [3.8, 4) is 0 Å². The Bertz CT molecular complexity index is 177. The van der Waals surface area contributed by atoms with Gasteiger partial charge in [-0.05, 0) is 57.7 Å². The van der Waals surface area contributed by atoms with Gasteiger partial charge in [-0.25, -0.2) is 0 Å². The SMILES string of the molecule is CCN(CC1CC1)C1CCC1CNC. The summed E-state index contributed by atoms with van der Waals surface area (Å²) in [5.41, 5.74) is 0. The van der Waals surface area contributed by atoms with Crippen LogP contribution in [0.1, 0.15) is 32.6 Å². The van der Waals surface area contributed by atoms with Crippen LogP contribution < -0.4 is 5.32 Å². The van der Waals surface area contributed by atoms with Crippen LogP contribution >= 0.6 is 0 Å². The first-order valence-corrected chi connectivity index (χ1v) is 6.23. The fourth-order valence-corrected chi connectivity index (χ4v) is 2.66. The first-order valence-electron chi connectivity index (χ1n) is 6.23. The minimum absolute atomic E-state index is 0.896. The summed E-state index contributed by atoms with van der Waals surface area (Å²) < 4.78 is 0. The number of hydrogen-bond acceptors (Lipinski definition) is 2. The molecule has 0 spiro atoms. The van der Waals surface area contributed by atoms with Crippen LogP contribution in [0.4, 0.5) is 0 Å². The molecule has 14 heavy (non-hydrogen) atoms. The Kier molecular flexibility index (Phi) is 3.45.